The number of carbonyl (C=O) groups is 2. The number of ketones is 1. The Bertz CT molecular complexity index is 1440. The minimum atomic E-state index is -5.32. The van der Waals surface area contributed by atoms with Crippen molar-refractivity contribution in [2.24, 2.45) is 5.41 Å². The number of thiazole rings is 1. The second-order valence-electron chi connectivity index (χ2n) is 9.81. The molecule has 0 fully saturated rings. The summed E-state index contributed by atoms with van der Waals surface area (Å²) in [6.07, 6.45) is -10.5. The first-order chi connectivity index (χ1) is 17.1. The molecule has 1 amide bonds. The summed E-state index contributed by atoms with van der Waals surface area (Å²) >= 11 is 0.868. The van der Waals surface area contributed by atoms with Crippen LogP contribution in [0.25, 0.3) is 10.2 Å². The maximum absolute atomic E-state index is 15.0. The number of anilines is 2. The first-order valence-electron chi connectivity index (χ1n) is 11.1. The van der Waals surface area contributed by atoms with Crippen molar-refractivity contribution in [3.05, 3.63) is 65.4 Å². The highest BCUT2D eigenvalue weighted by atomic mass is 32.1. The first-order valence-corrected chi connectivity index (χ1v) is 11.9. The number of allylic oxidation sites excluding steroid dienone is 1. The SMILES string of the molecule is CC1(C)CC(=O)C2=C(C1)N(c1cccc(C(F)(F)F)c1)C(=O)[C@]2(Nc1nc2ccccc2s1)C(F)(F)F. The Morgan fingerprint density at radius 3 is 2.32 bits per heavy atom. The summed E-state index contributed by atoms with van der Waals surface area (Å²) in [5.41, 5.74) is -6.57. The Morgan fingerprint density at radius 1 is 0.973 bits per heavy atom. The summed E-state index contributed by atoms with van der Waals surface area (Å²) < 4.78 is 85.9. The fourth-order valence-corrected chi connectivity index (χ4v) is 5.85. The molecule has 1 aliphatic carbocycles. The van der Waals surface area contributed by atoms with Gasteiger partial charge in [-0.1, -0.05) is 43.4 Å². The van der Waals surface area contributed by atoms with Crippen molar-refractivity contribution in [2.45, 2.75) is 44.6 Å². The van der Waals surface area contributed by atoms with E-state index in [1.54, 1.807) is 38.1 Å². The van der Waals surface area contributed by atoms with Crippen LogP contribution in [0.1, 0.15) is 32.3 Å². The smallest absolute Gasteiger partial charge is 0.336 e. The van der Waals surface area contributed by atoms with E-state index < -0.39 is 51.8 Å². The van der Waals surface area contributed by atoms with Crippen LogP contribution in [0.5, 0.6) is 0 Å². The molecule has 37 heavy (non-hydrogen) atoms. The van der Waals surface area contributed by atoms with Crippen LogP contribution in [0, 0.1) is 5.41 Å². The van der Waals surface area contributed by atoms with E-state index in [0.29, 0.717) is 21.2 Å². The van der Waals surface area contributed by atoms with Gasteiger partial charge in [-0.05, 0) is 42.2 Å². The van der Waals surface area contributed by atoms with Crippen LogP contribution < -0.4 is 10.2 Å². The van der Waals surface area contributed by atoms with E-state index in [-0.39, 0.29) is 23.7 Å². The molecule has 0 unspecified atom stereocenters. The molecule has 0 spiro atoms. The lowest BCUT2D eigenvalue weighted by atomic mass is 9.72. The van der Waals surface area contributed by atoms with Gasteiger partial charge >= 0.3 is 12.4 Å². The third-order valence-corrected chi connectivity index (χ3v) is 7.42. The molecule has 1 N–H and O–H groups in total. The van der Waals surface area contributed by atoms with Gasteiger partial charge in [-0.3, -0.25) is 14.5 Å². The van der Waals surface area contributed by atoms with E-state index in [2.05, 4.69) is 10.3 Å². The molecule has 1 aliphatic heterocycles. The van der Waals surface area contributed by atoms with Crippen molar-refractivity contribution in [3.8, 4) is 0 Å². The first kappa shape index (κ1) is 25.2. The highest BCUT2D eigenvalue weighted by Crippen LogP contribution is 2.54. The van der Waals surface area contributed by atoms with Crippen LogP contribution >= 0.6 is 11.3 Å². The maximum atomic E-state index is 15.0. The summed E-state index contributed by atoms with van der Waals surface area (Å²) in [6.45, 7) is 3.30. The molecular weight excluding hydrogens is 520 g/mol. The van der Waals surface area contributed by atoms with E-state index in [0.717, 1.165) is 29.5 Å². The monoisotopic (exact) mass is 539 g/mol. The van der Waals surface area contributed by atoms with Crippen LogP contribution in [0.15, 0.2) is 59.8 Å². The summed E-state index contributed by atoms with van der Waals surface area (Å²) in [5.74, 6) is -2.50. The van der Waals surface area contributed by atoms with Gasteiger partial charge in [-0.2, -0.15) is 26.3 Å². The van der Waals surface area contributed by atoms with Gasteiger partial charge in [0.2, 0.25) is 5.54 Å². The fourth-order valence-electron chi connectivity index (χ4n) is 4.93. The average molecular weight is 540 g/mol. The standard InChI is InChI=1S/C25H19F6N3O2S/c1-22(2)11-16-19(17(35)12-22)23(25(29,30)31,33-21-32-15-8-3-4-9-18(15)37-21)20(36)34(16)14-7-5-6-13(10-14)24(26,27)28/h3-10H,11-12H2,1-2H3,(H,32,33)/t23-/m0/s1. The molecule has 2 aromatic carbocycles. The van der Waals surface area contributed by atoms with Crippen molar-refractivity contribution in [2.75, 3.05) is 10.2 Å². The number of hydrogen-bond acceptors (Lipinski definition) is 5. The molecule has 0 bridgehead atoms. The predicted molar refractivity (Wildman–Crippen MR) is 126 cm³/mol. The van der Waals surface area contributed by atoms with Crippen molar-refractivity contribution in [1.82, 2.24) is 4.98 Å². The summed E-state index contributed by atoms with van der Waals surface area (Å²) in [6, 6.07) is 10.0. The quantitative estimate of drug-likeness (QED) is 0.376. The molecule has 5 nitrogen and oxygen atoms in total. The number of Topliss-reactive ketones (excluding diaryl/α,β-unsaturated/α-hetero) is 1. The number of benzene rings is 2. The molecule has 12 heteroatoms. The van der Waals surface area contributed by atoms with Crippen LogP contribution in [-0.4, -0.2) is 28.4 Å². The number of nitrogens with zero attached hydrogens (tertiary/aromatic N) is 2. The molecule has 194 valence electrons. The highest BCUT2D eigenvalue weighted by molar-refractivity contribution is 7.22. The Morgan fingerprint density at radius 2 is 1.68 bits per heavy atom. The predicted octanol–water partition coefficient (Wildman–Crippen LogP) is 6.72. The second-order valence-corrected chi connectivity index (χ2v) is 10.8. The number of hydrogen-bond donors (Lipinski definition) is 1. The Balaban J connectivity index is 1.74. The molecule has 3 aromatic rings. The van der Waals surface area contributed by atoms with Gasteiger partial charge in [0.15, 0.2) is 10.9 Å². The molecular formula is C25H19F6N3O2S. The van der Waals surface area contributed by atoms with Crippen molar-refractivity contribution >= 4 is 44.1 Å². The van der Waals surface area contributed by atoms with Crippen molar-refractivity contribution < 1.29 is 35.9 Å². The number of carbonyl (C=O) groups excluding carboxylic acids is 2. The van der Waals surface area contributed by atoms with Gasteiger partial charge in [0.1, 0.15) is 0 Å². The van der Waals surface area contributed by atoms with Gasteiger partial charge < -0.3 is 5.32 Å². The van der Waals surface area contributed by atoms with E-state index in [1.807, 2.05) is 0 Å². The van der Waals surface area contributed by atoms with Gasteiger partial charge in [-0.25, -0.2) is 4.98 Å². The largest absolute Gasteiger partial charge is 0.425 e. The van der Waals surface area contributed by atoms with Crippen molar-refractivity contribution in [3.63, 3.8) is 0 Å². The zero-order valence-corrected chi connectivity index (χ0v) is 20.2. The molecule has 1 aromatic heterocycles. The summed E-state index contributed by atoms with van der Waals surface area (Å²) in [7, 11) is 0. The number of amides is 1. The van der Waals surface area contributed by atoms with Gasteiger partial charge in [0.05, 0.1) is 21.4 Å². The average Bonchev–Trinajstić information content (AvgIpc) is 3.28. The number of fused-ring (bicyclic) bond motifs is 1. The number of aromatic nitrogens is 1. The normalized spacial score (nSPS) is 22.1. The second kappa shape index (κ2) is 8.04. The number of alkyl halides is 6. The number of halogens is 6. The summed E-state index contributed by atoms with van der Waals surface area (Å²) in [5, 5.41) is 1.98. The van der Waals surface area contributed by atoms with Gasteiger partial charge in [0, 0.05) is 17.8 Å². The fraction of sp³-hybridized carbons (Fsp3) is 0.320. The van der Waals surface area contributed by atoms with Crippen LogP contribution in [0.4, 0.5) is 37.2 Å². The Labute approximate surface area is 210 Å². The topological polar surface area (TPSA) is 62.3 Å². The third-order valence-electron chi connectivity index (χ3n) is 6.47. The maximum Gasteiger partial charge on any atom is 0.425 e. The van der Waals surface area contributed by atoms with E-state index >= 15 is 13.2 Å². The summed E-state index contributed by atoms with van der Waals surface area (Å²) in [4.78, 5) is 31.9. The van der Waals surface area contributed by atoms with Crippen LogP contribution in [0.2, 0.25) is 0 Å². The number of nitrogens with one attached hydrogen (secondary N) is 1. The molecule has 5 rings (SSSR count). The van der Waals surface area contributed by atoms with E-state index in [1.165, 1.54) is 0 Å². The molecule has 2 heterocycles. The zero-order valence-electron chi connectivity index (χ0n) is 19.4. The third kappa shape index (κ3) is 3.97. The lowest BCUT2D eigenvalue weighted by Crippen LogP contribution is -2.61. The zero-order chi connectivity index (χ0) is 27.0. The number of rotatable bonds is 3. The number of para-hydroxylation sites is 1. The lowest BCUT2D eigenvalue weighted by molar-refractivity contribution is -0.176. The highest BCUT2D eigenvalue weighted by Gasteiger charge is 2.71. The van der Waals surface area contributed by atoms with Crippen molar-refractivity contribution in [1.29, 1.82) is 0 Å². The van der Waals surface area contributed by atoms with Gasteiger partial charge in [-0.15, -0.1) is 0 Å². The minimum Gasteiger partial charge on any atom is -0.336 e. The molecule has 0 saturated heterocycles. The minimum absolute atomic E-state index is 0.130. The van der Waals surface area contributed by atoms with Gasteiger partial charge in [0.25, 0.3) is 5.91 Å². The lowest BCUT2D eigenvalue weighted by Gasteiger charge is -2.35. The Kier molecular flexibility index (Phi) is 5.49. The van der Waals surface area contributed by atoms with Crippen LogP contribution in [-0.2, 0) is 15.8 Å². The van der Waals surface area contributed by atoms with E-state index in [9.17, 15) is 22.8 Å². The molecule has 0 radical (unpaired) electrons. The molecule has 0 saturated carbocycles. The van der Waals surface area contributed by atoms with E-state index in [4.69, 9.17) is 0 Å². The molecule has 1 atom stereocenters. The molecule has 2 aliphatic rings. The van der Waals surface area contributed by atoms with Crippen LogP contribution in [0.3, 0.4) is 0 Å². The Hall–Kier alpha value is -3.41.